The number of alkyl halides is 4. The number of hydrogen-bond donors (Lipinski definition) is 2. The average molecular weight is 921 g/mol. The van der Waals surface area contributed by atoms with E-state index in [1.807, 2.05) is 89.6 Å². The first-order valence-electron chi connectivity index (χ1n) is 20.8. The Bertz CT molecular complexity index is 2630. The van der Waals surface area contributed by atoms with E-state index < -0.39 is 11.8 Å². The van der Waals surface area contributed by atoms with Crippen LogP contribution in [0.5, 0.6) is 23.0 Å². The Morgan fingerprint density at radius 1 is 0.708 bits per heavy atom. The molecule has 2 saturated carbocycles. The summed E-state index contributed by atoms with van der Waals surface area (Å²) in [6.07, 6.45) is 10.1. The molecule has 4 aliphatic rings. The van der Waals surface area contributed by atoms with Gasteiger partial charge in [0.05, 0.1) is 74.1 Å². The zero-order valence-corrected chi connectivity index (χ0v) is 37.3. The normalized spacial score (nSPS) is 19.3. The molecule has 3 N–H and O–H groups in total. The second-order valence-corrected chi connectivity index (χ2v) is 16.9. The van der Waals surface area contributed by atoms with Crippen LogP contribution in [0, 0.1) is 25.7 Å². The lowest BCUT2D eigenvalue weighted by atomic mass is 9.76. The zero-order valence-electron chi connectivity index (χ0n) is 36.6. The van der Waals surface area contributed by atoms with E-state index in [9.17, 15) is 17.6 Å². The van der Waals surface area contributed by atoms with Crippen molar-refractivity contribution in [3.05, 3.63) is 90.5 Å². The van der Waals surface area contributed by atoms with Crippen LogP contribution in [-0.4, -0.2) is 104 Å². The topological polar surface area (TPSA) is 169 Å². The second-order valence-electron chi connectivity index (χ2n) is 16.5. The molecule has 0 saturated heterocycles. The number of fused-ring (bicyclic) bond motifs is 2. The summed E-state index contributed by atoms with van der Waals surface area (Å²) < 4.78 is 78.5. The van der Waals surface area contributed by atoms with Gasteiger partial charge in [0.15, 0.2) is 23.1 Å². The molecule has 2 aliphatic heterocycles. The van der Waals surface area contributed by atoms with Gasteiger partial charge >= 0.3 is 0 Å². The minimum atomic E-state index is -2.56. The molecule has 2 atom stereocenters. The lowest BCUT2D eigenvalue weighted by molar-refractivity contribution is -0.120. The van der Waals surface area contributed by atoms with Crippen molar-refractivity contribution in [1.82, 2.24) is 39.0 Å². The van der Waals surface area contributed by atoms with Gasteiger partial charge in [0.2, 0.25) is 23.1 Å². The highest BCUT2D eigenvalue weighted by Crippen LogP contribution is 2.48. The molecule has 6 aromatic rings. The Labute approximate surface area is 377 Å². The Hall–Kier alpha value is -6.57. The van der Waals surface area contributed by atoms with Gasteiger partial charge in [-0.3, -0.25) is 0 Å². The molecular formula is C44H49ClF4N12O4. The van der Waals surface area contributed by atoms with E-state index in [0.717, 1.165) is 34.2 Å². The van der Waals surface area contributed by atoms with Gasteiger partial charge in [-0.15, -0.1) is 0 Å². The first-order chi connectivity index (χ1) is 31.0. The number of ether oxygens (including phenoxy) is 4. The van der Waals surface area contributed by atoms with E-state index in [1.54, 1.807) is 39.1 Å². The van der Waals surface area contributed by atoms with Crippen LogP contribution in [0.2, 0.25) is 5.28 Å². The number of aromatic nitrogens is 8. The molecule has 2 aliphatic carbocycles. The summed E-state index contributed by atoms with van der Waals surface area (Å²) in [5.74, 6) is -1.22. The monoisotopic (exact) mass is 920 g/mol. The van der Waals surface area contributed by atoms with Crippen molar-refractivity contribution in [2.24, 2.45) is 11.8 Å². The van der Waals surface area contributed by atoms with Crippen LogP contribution in [0.25, 0.3) is 11.4 Å². The minimum Gasteiger partial charge on any atom is -0.494 e. The average Bonchev–Trinajstić information content (AvgIpc) is 3.90. The van der Waals surface area contributed by atoms with Crippen molar-refractivity contribution in [3.63, 3.8) is 0 Å². The molecule has 2 unspecified atom stereocenters. The van der Waals surface area contributed by atoms with Crippen LogP contribution in [0.1, 0.15) is 37.1 Å². The van der Waals surface area contributed by atoms with Crippen LogP contribution < -0.4 is 39.8 Å². The highest BCUT2D eigenvalue weighted by Gasteiger charge is 2.52. The number of likely N-dealkylation sites (N-methyl/N-ethyl adjacent to an activating group) is 2. The van der Waals surface area contributed by atoms with Gasteiger partial charge in [0.1, 0.15) is 24.7 Å². The molecule has 0 bridgehead atoms. The number of nitrogens with one attached hydrogen (secondary N) is 1. The number of imidazole rings is 2. The zero-order chi connectivity index (χ0) is 46.2. The van der Waals surface area contributed by atoms with Crippen molar-refractivity contribution in [1.29, 1.82) is 0 Å². The Morgan fingerprint density at radius 2 is 1.20 bits per heavy atom. The molecule has 2 aromatic carbocycles. The summed E-state index contributed by atoms with van der Waals surface area (Å²) in [6, 6.07) is 11.0. The fourth-order valence-corrected chi connectivity index (χ4v) is 8.46. The first kappa shape index (κ1) is 45.0. The van der Waals surface area contributed by atoms with Crippen LogP contribution in [0.4, 0.5) is 46.5 Å². The predicted octanol–water partition coefficient (Wildman–Crippen LogP) is 8.11. The maximum atomic E-state index is 13.4. The lowest BCUT2D eigenvalue weighted by Gasteiger charge is -2.45. The number of rotatable bonds is 8. The first-order valence-corrected chi connectivity index (χ1v) is 21.1. The fraction of sp³-hybridized carbons (Fsp3) is 0.409. The molecule has 0 amide bonds. The number of benzene rings is 2. The van der Waals surface area contributed by atoms with Gasteiger partial charge in [-0.2, -0.15) is 9.97 Å². The molecule has 344 valence electrons. The van der Waals surface area contributed by atoms with E-state index in [1.165, 1.54) is 6.20 Å². The second kappa shape index (κ2) is 18.1. The van der Waals surface area contributed by atoms with Crippen LogP contribution in [-0.2, 0) is 0 Å². The quantitative estimate of drug-likeness (QED) is 0.0853. The third-order valence-corrected chi connectivity index (χ3v) is 12.1. The number of aryl methyl sites for hydroxylation is 2. The molecule has 0 spiro atoms. The molecule has 16 nitrogen and oxygen atoms in total. The number of nitrogens with two attached hydrogens (primary N) is 1. The van der Waals surface area contributed by atoms with Crippen LogP contribution in [0.3, 0.4) is 0 Å². The third-order valence-electron chi connectivity index (χ3n) is 11.9. The fourth-order valence-electron chi connectivity index (χ4n) is 8.33. The van der Waals surface area contributed by atoms with Crippen molar-refractivity contribution >= 4 is 40.6 Å². The highest BCUT2D eigenvalue weighted by molar-refractivity contribution is 6.28. The molecule has 21 heteroatoms. The number of nitrogen functional groups attached to an aromatic ring is 1. The number of halogens is 5. The molecule has 10 rings (SSSR count). The van der Waals surface area contributed by atoms with Crippen molar-refractivity contribution in [2.45, 2.75) is 63.5 Å². The summed E-state index contributed by atoms with van der Waals surface area (Å²) in [6.45, 7) is 4.61. The summed E-state index contributed by atoms with van der Waals surface area (Å²) in [5, 5.41) is 3.32. The minimum absolute atomic E-state index is 0.0631. The van der Waals surface area contributed by atoms with Crippen molar-refractivity contribution < 1.29 is 36.5 Å². The molecular weight excluding hydrogens is 872 g/mol. The van der Waals surface area contributed by atoms with Gasteiger partial charge in [0, 0.05) is 75.7 Å². The number of nitrogens with zero attached hydrogens (tertiary/aromatic N) is 10. The van der Waals surface area contributed by atoms with Crippen molar-refractivity contribution in [3.8, 4) is 34.4 Å². The maximum Gasteiger partial charge on any atom is 0.248 e. The van der Waals surface area contributed by atoms with Crippen LogP contribution >= 0.6 is 11.6 Å². The third kappa shape index (κ3) is 9.91. The summed E-state index contributed by atoms with van der Waals surface area (Å²) in [7, 11) is 6.93. The van der Waals surface area contributed by atoms with E-state index in [4.69, 9.17) is 36.3 Å². The highest BCUT2D eigenvalue weighted by atomic mass is 35.5. The molecule has 65 heavy (non-hydrogen) atoms. The molecule has 6 heterocycles. The van der Waals surface area contributed by atoms with E-state index in [-0.39, 0.29) is 54.9 Å². The lowest BCUT2D eigenvalue weighted by Crippen LogP contribution is -2.53. The van der Waals surface area contributed by atoms with Gasteiger partial charge in [-0.05, 0) is 61.5 Å². The van der Waals surface area contributed by atoms with Gasteiger partial charge in [-0.1, -0.05) is 0 Å². The summed E-state index contributed by atoms with van der Waals surface area (Å²) in [4.78, 5) is 29.1. The summed E-state index contributed by atoms with van der Waals surface area (Å²) >= 11 is 5.74. The number of hydrogen-bond acceptors (Lipinski definition) is 14. The van der Waals surface area contributed by atoms with Crippen LogP contribution in [0.15, 0.2) is 73.8 Å². The summed E-state index contributed by atoms with van der Waals surface area (Å²) in [5.41, 5.74) is 10.8. The molecule has 4 aromatic heterocycles. The smallest absolute Gasteiger partial charge is 0.248 e. The Kier molecular flexibility index (Phi) is 12.6. The van der Waals surface area contributed by atoms with Gasteiger partial charge < -0.3 is 48.9 Å². The Morgan fingerprint density at radius 3 is 1.69 bits per heavy atom. The predicted molar refractivity (Wildman–Crippen MR) is 237 cm³/mol. The van der Waals surface area contributed by atoms with Gasteiger partial charge in [0.25, 0.3) is 0 Å². The Balaban J connectivity index is 0.000000147. The SMILES string of the molecule is CN1c2nc(Cl)ncc2OCC1C1CC(F)(F)C1.COc1cc(N)ccc1-n1cnc(C)c1.COc1cc(Nc2ncc3c(n2)N(C)C(C2CC(F)(F)C2)CO3)ccc1-n1cnc(C)c1. The largest absolute Gasteiger partial charge is 0.494 e. The van der Waals surface area contributed by atoms with E-state index in [0.29, 0.717) is 53.7 Å². The van der Waals surface area contributed by atoms with E-state index in [2.05, 4.69) is 35.2 Å². The van der Waals surface area contributed by atoms with Gasteiger partial charge in [-0.25, -0.2) is 37.5 Å². The standard InChI is InChI=1S/C22H24F2N6O2.C11H12ClF2N3O.C11H13N3O/c1-13-10-30(12-26-13)16-5-4-15(6-18(16)31-3)27-21-25-9-19-20(28-21)29(2)17(11-32-19)14-7-22(23,24)8-14;1-17-7(6-2-11(13,14)3-6)5-18-8-4-15-10(12)16-9(8)17;1-8-6-14(7-13-8)10-4-3-9(12)5-11(10)15-2/h4-6,9-10,12,14,17H,7-8,11H2,1-3H3,(H,25,27,28);4,6-7H,2-3,5H2,1H3;3-7H,12H2,1-2H3. The molecule has 2 fully saturated rings. The number of anilines is 5. The maximum absolute atomic E-state index is 13.4. The molecule has 0 radical (unpaired) electrons. The number of methoxy groups -OCH3 is 2. The van der Waals surface area contributed by atoms with E-state index >= 15 is 0 Å². The van der Waals surface area contributed by atoms with Crippen molar-refractivity contribution in [2.75, 3.05) is 62.4 Å².